The quantitative estimate of drug-likeness (QED) is 0.735. The molecule has 0 aliphatic carbocycles. The summed E-state index contributed by atoms with van der Waals surface area (Å²) in [5.41, 5.74) is 0.959. The van der Waals surface area contributed by atoms with Gasteiger partial charge in [0.25, 0.3) is 0 Å². The third kappa shape index (κ3) is 3.67. The molecule has 0 amide bonds. The van der Waals surface area contributed by atoms with Gasteiger partial charge in [-0.1, -0.05) is 12.6 Å². The van der Waals surface area contributed by atoms with Crippen molar-refractivity contribution in [2.45, 2.75) is 0 Å². The van der Waals surface area contributed by atoms with Gasteiger partial charge in [-0.25, -0.2) is 0 Å². The van der Waals surface area contributed by atoms with Crippen molar-refractivity contribution in [2.75, 3.05) is 34.4 Å². The predicted octanol–water partition coefficient (Wildman–Crippen LogP) is 1.86. The van der Waals surface area contributed by atoms with Crippen LogP contribution in [0, 0.1) is 0 Å². The highest BCUT2D eigenvalue weighted by Gasteiger charge is 2.11. The molecule has 0 bridgehead atoms. The fraction of sp³-hybridized carbons (Fsp3) is 0.385. The highest BCUT2D eigenvalue weighted by Crippen LogP contribution is 2.36. The van der Waals surface area contributed by atoms with Gasteiger partial charge in [0.15, 0.2) is 11.5 Å². The molecule has 0 heterocycles. The topological polar surface area (TPSA) is 39.7 Å². The highest BCUT2D eigenvalue weighted by atomic mass is 16.5. The lowest BCUT2D eigenvalue weighted by atomic mass is 10.3. The van der Waals surface area contributed by atoms with Crippen LogP contribution in [0.25, 0.3) is 0 Å². The Kier molecular flexibility index (Phi) is 5.36. The Morgan fingerprint density at radius 3 is 2.29 bits per heavy atom. The third-order valence-electron chi connectivity index (χ3n) is 2.23. The molecule has 1 aromatic carbocycles. The van der Waals surface area contributed by atoms with Crippen molar-refractivity contribution in [2.24, 2.45) is 0 Å². The molecule has 0 aliphatic heterocycles. The van der Waals surface area contributed by atoms with E-state index in [1.54, 1.807) is 14.2 Å². The van der Waals surface area contributed by atoms with Crippen LogP contribution in [0.1, 0.15) is 0 Å². The maximum Gasteiger partial charge on any atom is 0.203 e. The maximum absolute atomic E-state index is 5.67. The number of rotatable bonds is 7. The Morgan fingerprint density at radius 1 is 1.24 bits per heavy atom. The molecule has 4 heteroatoms. The molecule has 1 rings (SSSR count). The Hall–Kier alpha value is -1.68. The number of hydrogen-bond donors (Lipinski definition) is 1. The third-order valence-corrected chi connectivity index (χ3v) is 2.23. The van der Waals surface area contributed by atoms with E-state index >= 15 is 0 Å². The predicted molar refractivity (Wildman–Crippen MR) is 68.1 cm³/mol. The van der Waals surface area contributed by atoms with Gasteiger partial charge in [0, 0.05) is 6.54 Å². The first-order valence-corrected chi connectivity index (χ1v) is 5.38. The van der Waals surface area contributed by atoms with Gasteiger partial charge in [-0.05, 0) is 24.8 Å². The van der Waals surface area contributed by atoms with Crippen LogP contribution in [-0.2, 0) is 0 Å². The van der Waals surface area contributed by atoms with Gasteiger partial charge in [0.2, 0.25) is 5.75 Å². The Bertz CT molecular complexity index is 355. The summed E-state index contributed by atoms with van der Waals surface area (Å²) in [5, 5.41) is 3.02. The van der Waals surface area contributed by atoms with Gasteiger partial charge in [-0.2, -0.15) is 0 Å². The van der Waals surface area contributed by atoms with E-state index in [1.165, 1.54) is 0 Å². The molecule has 0 saturated heterocycles. The Labute approximate surface area is 102 Å². The molecular formula is C13H19NO3. The number of hydrogen-bond acceptors (Lipinski definition) is 4. The summed E-state index contributed by atoms with van der Waals surface area (Å²) < 4.78 is 16.1. The molecule has 4 nitrogen and oxygen atoms in total. The zero-order chi connectivity index (χ0) is 12.7. The summed E-state index contributed by atoms with van der Waals surface area (Å²) in [6, 6.07) is 5.52. The van der Waals surface area contributed by atoms with Crippen molar-refractivity contribution in [3.63, 3.8) is 0 Å². The normalized spacial score (nSPS) is 9.82. The van der Waals surface area contributed by atoms with Crippen molar-refractivity contribution in [1.29, 1.82) is 0 Å². The van der Waals surface area contributed by atoms with Gasteiger partial charge in [-0.15, -0.1) is 0 Å². The minimum Gasteiger partial charge on any atom is -0.493 e. The summed E-state index contributed by atoms with van der Waals surface area (Å²) in [5.74, 6) is 1.91. The molecule has 1 aromatic rings. The maximum atomic E-state index is 5.67. The molecule has 0 saturated carbocycles. The first kappa shape index (κ1) is 13.4. The zero-order valence-electron chi connectivity index (χ0n) is 10.6. The molecule has 0 unspecified atom stereocenters. The molecule has 1 N–H and O–H groups in total. The van der Waals surface area contributed by atoms with Crippen molar-refractivity contribution in [3.05, 3.63) is 30.4 Å². The van der Waals surface area contributed by atoms with E-state index in [-0.39, 0.29) is 0 Å². The lowest BCUT2D eigenvalue weighted by molar-refractivity contribution is 0.294. The number of ether oxygens (including phenoxy) is 3. The van der Waals surface area contributed by atoms with Crippen molar-refractivity contribution >= 4 is 0 Å². The fourth-order valence-corrected chi connectivity index (χ4v) is 1.43. The molecule has 0 fully saturated rings. The first-order valence-electron chi connectivity index (χ1n) is 5.38. The second-order valence-corrected chi connectivity index (χ2v) is 3.56. The number of para-hydroxylation sites is 1. The number of nitrogens with one attached hydrogen (secondary N) is 1. The molecule has 0 radical (unpaired) electrons. The Balaban J connectivity index is 2.77. The zero-order valence-corrected chi connectivity index (χ0v) is 10.6. The molecule has 0 aromatic heterocycles. The summed E-state index contributed by atoms with van der Waals surface area (Å²) in [6.07, 6.45) is 0. The van der Waals surface area contributed by atoms with Crippen molar-refractivity contribution < 1.29 is 14.2 Å². The lowest BCUT2D eigenvalue weighted by Crippen LogP contribution is -2.15. The minimum atomic E-state index is 0.428. The Morgan fingerprint density at radius 2 is 1.82 bits per heavy atom. The first-order chi connectivity index (χ1) is 8.22. The monoisotopic (exact) mass is 237 g/mol. The van der Waals surface area contributed by atoms with Crippen molar-refractivity contribution in [1.82, 2.24) is 5.32 Å². The minimum absolute atomic E-state index is 0.428. The highest BCUT2D eigenvalue weighted by molar-refractivity contribution is 5.51. The lowest BCUT2D eigenvalue weighted by Gasteiger charge is -2.14. The van der Waals surface area contributed by atoms with Crippen LogP contribution in [0.3, 0.4) is 0 Å². The van der Waals surface area contributed by atoms with E-state index in [4.69, 9.17) is 14.2 Å². The molecule has 0 spiro atoms. The second kappa shape index (κ2) is 6.81. The van der Waals surface area contributed by atoms with Gasteiger partial charge in [0.1, 0.15) is 6.61 Å². The van der Waals surface area contributed by atoms with Crippen LogP contribution in [0.5, 0.6) is 17.2 Å². The van der Waals surface area contributed by atoms with Crippen LogP contribution in [-0.4, -0.2) is 34.4 Å². The number of likely N-dealkylation sites (N-methyl/N-ethyl adjacent to an activating group) is 1. The molecule has 94 valence electrons. The average molecular weight is 237 g/mol. The summed E-state index contributed by atoms with van der Waals surface area (Å²) in [6.45, 7) is 5.05. The molecule has 0 aliphatic rings. The smallest absolute Gasteiger partial charge is 0.203 e. The van der Waals surface area contributed by atoms with E-state index in [2.05, 4.69) is 11.9 Å². The summed E-state index contributed by atoms with van der Waals surface area (Å²) >= 11 is 0. The van der Waals surface area contributed by atoms with E-state index in [1.807, 2.05) is 25.2 Å². The van der Waals surface area contributed by atoms with E-state index < -0.39 is 0 Å². The van der Waals surface area contributed by atoms with Crippen LogP contribution < -0.4 is 19.5 Å². The standard InChI is InChI=1S/C13H19NO3/c1-10(8-14-2)9-17-13-11(15-3)6-5-7-12(13)16-4/h5-7,14H,1,8-9H2,2-4H3. The second-order valence-electron chi connectivity index (χ2n) is 3.56. The van der Waals surface area contributed by atoms with Gasteiger partial charge < -0.3 is 19.5 Å². The molecule has 17 heavy (non-hydrogen) atoms. The van der Waals surface area contributed by atoms with E-state index in [9.17, 15) is 0 Å². The summed E-state index contributed by atoms with van der Waals surface area (Å²) in [7, 11) is 5.07. The summed E-state index contributed by atoms with van der Waals surface area (Å²) in [4.78, 5) is 0. The van der Waals surface area contributed by atoms with Crippen LogP contribution in [0.15, 0.2) is 30.4 Å². The average Bonchev–Trinajstić information content (AvgIpc) is 2.36. The SMILES string of the molecule is C=C(CNC)COc1c(OC)cccc1OC. The van der Waals surface area contributed by atoms with Crippen LogP contribution in [0.4, 0.5) is 0 Å². The number of benzene rings is 1. The van der Waals surface area contributed by atoms with Crippen LogP contribution in [0.2, 0.25) is 0 Å². The number of methoxy groups -OCH3 is 2. The van der Waals surface area contributed by atoms with E-state index in [0.717, 1.165) is 12.1 Å². The molecule has 0 atom stereocenters. The fourth-order valence-electron chi connectivity index (χ4n) is 1.43. The van der Waals surface area contributed by atoms with Gasteiger partial charge >= 0.3 is 0 Å². The van der Waals surface area contributed by atoms with Crippen LogP contribution >= 0.6 is 0 Å². The largest absolute Gasteiger partial charge is 0.493 e. The van der Waals surface area contributed by atoms with Gasteiger partial charge in [0.05, 0.1) is 14.2 Å². The molecular weight excluding hydrogens is 218 g/mol. The van der Waals surface area contributed by atoms with Crippen molar-refractivity contribution in [3.8, 4) is 17.2 Å². The van der Waals surface area contributed by atoms with Gasteiger partial charge in [-0.3, -0.25) is 0 Å². The van der Waals surface area contributed by atoms with E-state index in [0.29, 0.717) is 23.9 Å².